The molecule has 70 valence electrons. The molecule has 13 heavy (non-hydrogen) atoms. The Bertz CT molecular complexity index is 290. The predicted octanol–water partition coefficient (Wildman–Crippen LogP) is 2.82. The number of halogens is 1. The van der Waals surface area contributed by atoms with Crippen molar-refractivity contribution in [1.29, 1.82) is 0 Å². The number of rotatable bonds is 3. The minimum Gasteiger partial charge on any atom is -0.298 e. The number of benzene rings is 1. The Balaban J connectivity index is 2.75. The van der Waals surface area contributed by atoms with Crippen LogP contribution in [0.2, 0.25) is 0 Å². The van der Waals surface area contributed by atoms with E-state index < -0.39 is 4.87 Å². The third kappa shape index (κ3) is 2.85. The fraction of sp³-hybridized carbons (Fsp3) is 0.364. The van der Waals surface area contributed by atoms with E-state index in [1.165, 1.54) is 6.92 Å². The molecule has 0 bridgehead atoms. The number of Topliss-reactive ketones (excluding diaryl/α,β-unsaturated/α-hetero) is 1. The van der Waals surface area contributed by atoms with Crippen LogP contribution in [-0.2, 0) is 11.2 Å². The Hall–Kier alpha value is -0.820. The maximum atomic E-state index is 11.1. The highest BCUT2D eigenvalue weighted by molar-refractivity contribution is 6.34. The first-order chi connectivity index (χ1) is 6.02. The summed E-state index contributed by atoms with van der Waals surface area (Å²) in [4.78, 5) is 10.4. The number of alkyl halides is 1. The van der Waals surface area contributed by atoms with Gasteiger partial charge in [-0.2, -0.15) is 0 Å². The lowest BCUT2D eigenvalue weighted by atomic mass is 9.97. The van der Waals surface area contributed by atoms with E-state index in [1.54, 1.807) is 6.92 Å². The monoisotopic (exact) mass is 196 g/mol. The van der Waals surface area contributed by atoms with Gasteiger partial charge in [-0.05, 0) is 25.8 Å². The summed E-state index contributed by atoms with van der Waals surface area (Å²) in [7, 11) is 0. The molecular formula is C11H13ClO. The van der Waals surface area contributed by atoms with Crippen LogP contribution in [0.25, 0.3) is 0 Å². The average Bonchev–Trinajstić information content (AvgIpc) is 2.05. The highest BCUT2D eigenvalue weighted by Gasteiger charge is 2.26. The second-order valence-electron chi connectivity index (χ2n) is 3.42. The van der Waals surface area contributed by atoms with E-state index >= 15 is 0 Å². The number of hydrogen-bond acceptors (Lipinski definition) is 1. The summed E-state index contributed by atoms with van der Waals surface area (Å²) >= 11 is 6.06. The average molecular weight is 197 g/mol. The molecule has 0 saturated heterocycles. The highest BCUT2D eigenvalue weighted by Crippen LogP contribution is 2.21. The Kier molecular flexibility index (Phi) is 3.10. The third-order valence-corrected chi connectivity index (χ3v) is 2.51. The molecule has 0 aliphatic heterocycles. The van der Waals surface area contributed by atoms with Crippen molar-refractivity contribution in [3.63, 3.8) is 0 Å². The van der Waals surface area contributed by atoms with E-state index in [-0.39, 0.29) is 5.78 Å². The summed E-state index contributed by atoms with van der Waals surface area (Å²) in [5.74, 6) is 0.0121. The second kappa shape index (κ2) is 3.93. The van der Waals surface area contributed by atoms with Gasteiger partial charge in [-0.3, -0.25) is 4.79 Å². The fourth-order valence-electron chi connectivity index (χ4n) is 1.10. The van der Waals surface area contributed by atoms with Crippen LogP contribution in [0.5, 0.6) is 0 Å². The van der Waals surface area contributed by atoms with Crippen LogP contribution in [0.4, 0.5) is 0 Å². The summed E-state index contributed by atoms with van der Waals surface area (Å²) in [5.41, 5.74) is 1.09. The van der Waals surface area contributed by atoms with Crippen LogP contribution in [0.1, 0.15) is 19.4 Å². The molecule has 0 N–H and O–H groups in total. The van der Waals surface area contributed by atoms with Gasteiger partial charge in [-0.25, -0.2) is 0 Å². The molecule has 0 aliphatic rings. The van der Waals surface area contributed by atoms with E-state index in [1.807, 2.05) is 30.3 Å². The molecule has 0 aliphatic carbocycles. The first kappa shape index (κ1) is 10.3. The highest BCUT2D eigenvalue weighted by atomic mass is 35.5. The van der Waals surface area contributed by atoms with E-state index in [9.17, 15) is 4.79 Å². The summed E-state index contributed by atoms with van der Waals surface area (Å²) < 4.78 is 0. The van der Waals surface area contributed by atoms with Crippen LogP contribution >= 0.6 is 11.6 Å². The molecule has 1 aromatic rings. The van der Waals surface area contributed by atoms with Gasteiger partial charge in [0.25, 0.3) is 0 Å². The third-order valence-electron chi connectivity index (χ3n) is 2.11. The molecule has 0 radical (unpaired) electrons. The topological polar surface area (TPSA) is 17.1 Å². The molecule has 1 atom stereocenters. The normalized spacial score (nSPS) is 15.0. The zero-order chi connectivity index (χ0) is 9.90. The summed E-state index contributed by atoms with van der Waals surface area (Å²) in [5, 5.41) is 0. The number of carbonyl (C=O) groups excluding carboxylic acids is 1. The molecule has 0 heterocycles. The molecule has 0 amide bonds. The van der Waals surface area contributed by atoms with Crippen molar-refractivity contribution in [3.8, 4) is 0 Å². The van der Waals surface area contributed by atoms with Crippen molar-refractivity contribution in [2.75, 3.05) is 0 Å². The number of hydrogen-bond donors (Lipinski definition) is 0. The van der Waals surface area contributed by atoms with E-state index in [4.69, 9.17) is 11.6 Å². The molecule has 1 nitrogen and oxygen atoms in total. The van der Waals surface area contributed by atoms with Gasteiger partial charge in [0.05, 0.1) is 0 Å². The van der Waals surface area contributed by atoms with Crippen LogP contribution < -0.4 is 0 Å². The van der Waals surface area contributed by atoms with Crippen molar-refractivity contribution in [3.05, 3.63) is 35.9 Å². The van der Waals surface area contributed by atoms with Gasteiger partial charge >= 0.3 is 0 Å². The lowest BCUT2D eigenvalue weighted by molar-refractivity contribution is -0.119. The van der Waals surface area contributed by atoms with Gasteiger partial charge in [0.1, 0.15) is 4.87 Å². The van der Waals surface area contributed by atoms with Crippen LogP contribution in [0.3, 0.4) is 0 Å². The SMILES string of the molecule is CC(=O)[C@](C)(Cl)Cc1ccccc1. The summed E-state index contributed by atoms with van der Waals surface area (Å²) in [6, 6.07) is 9.79. The fourth-order valence-corrected chi connectivity index (χ4v) is 1.26. The number of carbonyl (C=O) groups is 1. The van der Waals surface area contributed by atoms with Crippen molar-refractivity contribution in [2.45, 2.75) is 25.1 Å². The van der Waals surface area contributed by atoms with Crippen molar-refractivity contribution in [2.24, 2.45) is 0 Å². The Morgan fingerprint density at radius 2 is 1.92 bits per heavy atom. The standard InChI is InChI=1S/C11H13ClO/c1-9(13)11(2,12)8-10-6-4-3-5-7-10/h3-7H,8H2,1-2H3/t11-/m1/s1. The van der Waals surface area contributed by atoms with Gasteiger partial charge in [-0.1, -0.05) is 30.3 Å². The molecule has 0 fully saturated rings. The smallest absolute Gasteiger partial charge is 0.150 e. The van der Waals surface area contributed by atoms with Crippen LogP contribution in [-0.4, -0.2) is 10.7 Å². The van der Waals surface area contributed by atoms with Gasteiger partial charge < -0.3 is 0 Å². The molecule has 0 unspecified atom stereocenters. The quantitative estimate of drug-likeness (QED) is 0.680. The Labute approximate surface area is 83.7 Å². The predicted molar refractivity (Wildman–Crippen MR) is 55.1 cm³/mol. The molecule has 2 heteroatoms. The molecular weight excluding hydrogens is 184 g/mol. The van der Waals surface area contributed by atoms with Crippen LogP contribution in [0, 0.1) is 0 Å². The van der Waals surface area contributed by atoms with Crippen molar-refractivity contribution < 1.29 is 4.79 Å². The lowest BCUT2D eigenvalue weighted by Crippen LogP contribution is -2.28. The van der Waals surface area contributed by atoms with Gasteiger partial charge in [0.2, 0.25) is 0 Å². The molecule has 0 aromatic heterocycles. The number of ketones is 1. The Morgan fingerprint density at radius 3 is 2.38 bits per heavy atom. The Morgan fingerprint density at radius 1 is 1.38 bits per heavy atom. The zero-order valence-electron chi connectivity index (χ0n) is 7.88. The molecule has 1 aromatic carbocycles. The second-order valence-corrected chi connectivity index (χ2v) is 4.25. The minimum atomic E-state index is -0.763. The summed E-state index contributed by atoms with van der Waals surface area (Å²) in [6.45, 7) is 3.28. The molecule has 1 rings (SSSR count). The van der Waals surface area contributed by atoms with Gasteiger partial charge in [0, 0.05) is 0 Å². The van der Waals surface area contributed by atoms with Gasteiger partial charge in [-0.15, -0.1) is 11.6 Å². The largest absolute Gasteiger partial charge is 0.298 e. The van der Waals surface area contributed by atoms with Gasteiger partial charge in [0.15, 0.2) is 5.78 Å². The summed E-state index contributed by atoms with van der Waals surface area (Å²) in [6.07, 6.45) is 0.588. The first-order valence-corrected chi connectivity index (χ1v) is 4.64. The molecule has 0 spiro atoms. The maximum Gasteiger partial charge on any atom is 0.150 e. The van der Waals surface area contributed by atoms with E-state index in [0.29, 0.717) is 6.42 Å². The minimum absolute atomic E-state index is 0.0121. The maximum absolute atomic E-state index is 11.1. The van der Waals surface area contributed by atoms with E-state index in [2.05, 4.69) is 0 Å². The first-order valence-electron chi connectivity index (χ1n) is 4.26. The molecule has 0 saturated carbocycles. The van der Waals surface area contributed by atoms with Crippen molar-refractivity contribution in [1.82, 2.24) is 0 Å². The van der Waals surface area contributed by atoms with E-state index in [0.717, 1.165) is 5.56 Å². The van der Waals surface area contributed by atoms with Crippen LogP contribution in [0.15, 0.2) is 30.3 Å². The zero-order valence-corrected chi connectivity index (χ0v) is 8.64. The lowest BCUT2D eigenvalue weighted by Gasteiger charge is -2.17. The van der Waals surface area contributed by atoms with Crippen molar-refractivity contribution >= 4 is 17.4 Å².